The van der Waals surface area contributed by atoms with Gasteiger partial charge in [0.25, 0.3) is 5.56 Å². The molecule has 0 radical (unpaired) electrons. The van der Waals surface area contributed by atoms with E-state index in [-0.39, 0.29) is 11.6 Å². The molecule has 0 spiro atoms. The molecule has 0 saturated carbocycles. The highest BCUT2D eigenvalue weighted by atomic mass is 32.1. The van der Waals surface area contributed by atoms with Crippen LogP contribution in [0.4, 0.5) is 5.13 Å². The van der Waals surface area contributed by atoms with E-state index in [1.807, 2.05) is 10.6 Å². The van der Waals surface area contributed by atoms with Crippen LogP contribution in [0, 0.1) is 0 Å². The van der Waals surface area contributed by atoms with Crippen LogP contribution in [0.25, 0.3) is 10.6 Å². The van der Waals surface area contributed by atoms with Gasteiger partial charge in [-0.15, -0.1) is 10.2 Å². The van der Waals surface area contributed by atoms with Crippen molar-refractivity contribution in [3.63, 3.8) is 0 Å². The molecule has 2 heterocycles. The lowest BCUT2D eigenvalue weighted by atomic mass is 10.1. The van der Waals surface area contributed by atoms with Gasteiger partial charge in [0.05, 0.1) is 5.56 Å². The number of fused-ring (bicyclic) bond motifs is 1. The summed E-state index contributed by atoms with van der Waals surface area (Å²) in [6.07, 6.45) is 3.18. The number of aryl methyl sites for hydroxylation is 1. The smallest absolute Gasteiger partial charge is 0.261 e. The zero-order chi connectivity index (χ0) is 14.3. The maximum absolute atomic E-state index is 12.7. The Hall–Kier alpha value is -1.69. The van der Waals surface area contributed by atoms with Crippen molar-refractivity contribution >= 4 is 16.5 Å². The van der Waals surface area contributed by atoms with Gasteiger partial charge in [0.15, 0.2) is 5.01 Å². The van der Waals surface area contributed by atoms with Crippen molar-refractivity contribution in [2.24, 2.45) is 0 Å². The molecular weight excluding hydrogens is 272 g/mol. The van der Waals surface area contributed by atoms with E-state index >= 15 is 0 Å². The molecule has 0 saturated heterocycles. The van der Waals surface area contributed by atoms with Crippen molar-refractivity contribution < 1.29 is 0 Å². The van der Waals surface area contributed by atoms with Crippen molar-refractivity contribution in [1.29, 1.82) is 0 Å². The summed E-state index contributed by atoms with van der Waals surface area (Å²) in [5.74, 6) is 0. The molecule has 0 fully saturated rings. The van der Waals surface area contributed by atoms with Gasteiger partial charge in [-0.2, -0.15) is 0 Å². The molecule has 0 aliphatic heterocycles. The Labute approximate surface area is 121 Å². The second kappa shape index (κ2) is 5.01. The number of anilines is 1. The summed E-state index contributed by atoms with van der Waals surface area (Å²) in [7, 11) is 1.80. The average molecular weight is 290 g/mol. The standard InChI is InChI=1S/C14H18N4OS/c1-8(2)18-11-6-4-5-9(11)7-10(13(18)19)12-16-17-14(15-3)20-12/h7-8H,4-6H2,1-3H3,(H,15,17). The van der Waals surface area contributed by atoms with E-state index in [1.165, 1.54) is 22.6 Å². The SMILES string of the molecule is CNc1nnc(-c2cc3c(n(C(C)C)c2=O)CCC3)s1. The van der Waals surface area contributed by atoms with Crippen molar-refractivity contribution in [3.05, 3.63) is 27.7 Å². The third-order valence-corrected chi connectivity index (χ3v) is 4.65. The van der Waals surface area contributed by atoms with E-state index < -0.39 is 0 Å². The molecule has 5 nitrogen and oxygen atoms in total. The summed E-state index contributed by atoms with van der Waals surface area (Å²) in [6.45, 7) is 4.12. The minimum absolute atomic E-state index is 0.0550. The number of pyridine rings is 1. The van der Waals surface area contributed by atoms with Crippen molar-refractivity contribution in [3.8, 4) is 10.6 Å². The monoisotopic (exact) mass is 290 g/mol. The molecule has 0 aromatic carbocycles. The maximum atomic E-state index is 12.7. The number of nitrogens with zero attached hydrogens (tertiary/aromatic N) is 3. The van der Waals surface area contributed by atoms with E-state index in [0.29, 0.717) is 10.6 Å². The van der Waals surface area contributed by atoms with Crippen LogP contribution in [-0.2, 0) is 12.8 Å². The first-order valence-electron chi connectivity index (χ1n) is 6.90. The number of nitrogens with one attached hydrogen (secondary N) is 1. The third kappa shape index (κ3) is 2.04. The zero-order valence-electron chi connectivity index (χ0n) is 11.9. The molecule has 0 unspecified atom stereocenters. The van der Waals surface area contributed by atoms with Crippen LogP contribution in [0.5, 0.6) is 0 Å². The van der Waals surface area contributed by atoms with Crippen LogP contribution in [0.15, 0.2) is 10.9 Å². The molecule has 6 heteroatoms. The highest BCUT2D eigenvalue weighted by Crippen LogP contribution is 2.29. The molecular formula is C14H18N4OS. The summed E-state index contributed by atoms with van der Waals surface area (Å²) >= 11 is 1.42. The zero-order valence-corrected chi connectivity index (χ0v) is 12.8. The summed E-state index contributed by atoms with van der Waals surface area (Å²) < 4.78 is 1.93. The maximum Gasteiger partial charge on any atom is 0.261 e. The summed E-state index contributed by atoms with van der Waals surface area (Å²) in [6, 6.07) is 2.19. The van der Waals surface area contributed by atoms with Crippen molar-refractivity contribution in [1.82, 2.24) is 14.8 Å². The quantitative estimate of drug-likeness (QED) is 0.943. The lowest BCUT2D eigenvalue weighted by Crippen LogP contribution is -2.26. The second-order valence-electron chi connectivity index (χ2n) is 5.31. The Morgan fingerprint density at radius 1 is 1.35 bits per heavy atom. The van der Waals surface area contributed by atoms with Gasteiger partial charge in [-0.1, -0.05) is 11.3 Å². The molecule has 2 aromatic heterocycles. The lowest BCUT2D eigenvalue weighted by molar-refractivity contribution is 0.555. The number of hydrogen-bond acceptors (Lipinski definition) is 5. The summed E-state index contributed by atoms with van der Waals surface area (Å²) in [5, 5.41) is 12.6. The van der Waals surface area contributed by atoms with Crippen molar-refractivity contribution in [2.45, 2.75) is 39.2 Å². The highest BCUT2D eigenvalue weighted by Gasteiger charge is 2.22. The van der Waals surface area contributed by atoms with Crippen LogP contribution < -0.4 is 10.9 Å². The van der Waals surface area contributed by atoms with E-state index in [2.05, 4.69) is 29.4 Å². The van der Waals surface area contributed by atoms with Crippen LogP contribution in [0.3, 0.4) is 0 Å². The third-order valence-electron chi connectivity index (χ3n) is 3.67. The molecule has 1 aliphatic carbocycles. The first-order valence-corrected chi connectivity index (χ1v) is 7.72. The first kappa shape index (κ1) is 13.3. The Balaban J connectivity index is 2.22. The van der Waals surface area contributed by atoms with Gasteiger partial charge in [-0.05, 0) is 44.7 Å². The minimum Gasteiger partial charge on any atom is -0.363 e. The predicted octanol–water partition coefficient (Wildman–Crippen LogP) is 2.48. The molecule has 3 rings (SSSR count). The Morgan fingerprint density at radius 3 is 2.80 bits per heavy atom. The Morgan fingerprint density at radius 2 is 2.15 bits per heavy atom. The van der Waals surface area contributed by atoms with E-state index in [9.17, 15) is 4.79 Å². The van der Waals surface area contributed by atoms with Gasteiger partial charge >= 0.3 is 0 Å². The van der Waals surface area contributed by atoms with Gasteiger partial charge in [0, 0.05) is 18.8 Å². The second-order valence-corrected chi connectivity index (χ2v) is 6.29. The number of rotatable bonds is 3. The van der Waals surface area contributed by atoms with E-state index in [4.69, 9.17) is 0 Å². The molecule has 106 valence electrons. The van der Waals surface area contributed by atoms with Crippen LogP contribution in [0.1, 0.15) is 37.6 Å². The molecule has 0 amide bonds. The van der Waals surface area contributed by atoms with Crippen molar-refractivity contribution in [2.75, 3.05) is 12.4 Å². The Kier molecular flexibility index (Phi) is 3.33. The van der Waals surface area contributed by atoms with Crippen LogP contribution in [-0.4, -0.2) is 21.8 Å². The van der Waals surface area contributed by atoms with Gasteiger partial charge in [0.2, 0.25) is 5.13 Å². The molecule has 0 bridgehead atoms. The summed E-state index contributed by atoms with van der Waals surface area (Å²) in [4.78, 5) is 12.7. The first-order chi connectivity index (χ1) is 9.61. The normalized spacial score (nSPS) is 13.8. The fraction of sp³-hybridized carbons (Fsp3) is 0.500. The molecule has 0 atom stereocenters. The number of hydrogen-bond donors (Lipinski definition) is 1. The highest BCUT2D eigenvalue weighted by molar-refractivity contribution is 7.18. The van der Waals surface area contributed by atoms with Gasteiger partial charge in [-0.25, -0.2) is 0 Å². The topological polar surface area (TPSA) is 59.8 Å². The van der Waals surface area contributed by atoms with Gasteiger partial charge in [0.1, 0.15) is 0 Å². The average Bonchev–Trinajstić information content (AvgIpc) is 3.05. The number of aromatic nitrogens is 3. The largest absolute Gasteiger partial charge is 0.363 e. The molecule has 2 aromatic rings. The lowest BCUT2D eigenvalue weighted by Gasteiger charge is -2.17. The Bertz CT molecular complexity index is 702. The molecule has 20 heavy (non-hydrogen) atoms. The minimum atomic E-state index is 0.0550. The molecule has 1 aliphatic rings. The van der Waals surface area contributed by atoms with Gasteiger partial charge in [-0.3, -0.25) is 4.79 Å². The predicted molar refractivity (Wildman–Crippen MR) is 81.6 cm³/mol. The fourth-order valence-corrected chi connectivity index (χ4v) is 3.51. The fourth-order valence-electron chi connectivity index (χ4n) is 2.80. The summed E-state index contributed by atoms with van der Waals surface area (Å²) in [5.41, 5.74) is 3.22. The van der Waals surface area contributed by atoms with Crippen LogP contribution in [0.2, 0.25) is 0 Å². The van der Waals surface area contributed by atoms with E-state index in [1.54, 1.807) is 7.05 Å². The molecule has 1 N–H and O–H groups in total. The van der Waals surface area contributed by atoms with Crippen LogP contribution >= 0.6 is 11.3 Å². The van der Waals surface area contributed by atoms with Gasteiger partial charge < -0.3 is 9.88 Å². The van der Waals surface area contributed by atoms with E-state index in [0.717, 1.165) is 24.4 Å².